The topological polar surface area (TPSA) is 60.1 Å². The molecule has 1 N–H and O–H groups in total. The number of hydrogen-bond acceptors (Lipinski definition) is 3. The quantitative estimate of drug-likeness (QED) is 0.765. The highest BCUT2D eigenvalue weighted by Gasteiger charge is 2.17. The maximum atomic E-state index is 12.2. The molecule has 23 heavy (non-hydrogen) atoms. The van der Waals surface area contributed by atoms with Gasteiger partial charge < -0.3 is 9.73 Å². The predicted molar refractivity (Wildman–Crippen MR) is 89.3 cm³/mol. The van der Waals surface area contributed by atoms with E-state index >= 15 is 0 Å². The van der Waals surface area contributed by atoms with Crippen LogP contribution in [0.5, 0.6) is 0 Å². The smallest absolute Gasteiger partial charge is 0.222 e. The van der Waals surface area contributed by atoms with Gasteiger partial charge in [-0.2, -0.15) is 5.10 Å². The van der Waals surface area contributed by atoms with E-state index in [0.29, 0.717) is 17.2 Å². The zero-order valence-corrected chi connectivity index (χ0v) is 13.7. The molecule has 0 spiro atoms. The minimum atomic E-state index is -0.210. The van der Waals surface area contributed by atoms with Crippen LogP contribution in [0.15, 0.2) is 47.1 Å². The van der Waals surface area contributed by atoms with Crippen molar-refractivity contribution >= 4 is 28.5 Å². The van der Waals surface area contributed by atoms with Crippen molar-refractivity contribution < 1.29 is 9.21 Å². The van der Waals surface area contributed by atoms with Gasteiger partial charge in [0.05, 0.1) is 12.1 Å². The van der Waals surface area contributed by atoms with Gasteiger partial charge in [-0.05, 0) is 44.2 Å². The third-order valence-corrected chi connectivity index (χ3v) is 3.99. The van der Waals surface area contributed by atoms with Crippen LogP contribution in [-0.2, 0) is 4.79 Å². The first kappa shape index (κ1) is 15.6. The lowest BCUT2D eigenvalue weighted by atomic mass is 10.2. The zero-order valence-electron chi connectivity index (χ0n) is 13.0. The standard InChI is InChI=1S/C17H18ClN3O2/c1-11(21-7-3-6-19-21)8-17(22)20-12(2)16-10-13-9-14(18)4-5-15(13)23-16/h3-7,9-12H,8H2,1-2H3,(H,20,22)/t11-,12+/m1/s1. The fourth-order valence-electron chi connectivity index (χ4n) is 2.52. The summed E-state index contributed by atoms with van der Waals surface area (Å²) in [6, 6.07) is 9.00. The number of carbonyl (C=O) groups excluding carboxylic acids is 1. The van der Waals surface area contributed by atoms with Crippen LogP contribution in [0.2, 0.25) is 5.02 Å². The number of nitrogens with one attached hydrogen (secondary N) is 1. The van der Waals surface area contributed by atoms with Gasteiger partial charge in [-0.25, -0.2) is 0 Å². The lowest BCUT2D eigenvalue weighted by molar-refractivity contribution is -0.122. The Morgan fingerprint density at radius 3 is 2.96 bits per heavy atom. The number of furan rings is 1. The summed E-state index contributed by atoms with van der Waals surface area (Å²) in [7, 11) is 0. The predicted octanol–water partition coefficient (Wildman–Crippen LogP) is 4.11. The van der Waals surface area contributed by atoms with Crippen molar-refractivity contribution in [2.45, 2.75) is 32.4 Å². The number of aromatic nitrogens is 2. The Morgan fingerprint density at radius 2 is 2.22 bits per heavy atom. The molecule has 3 rings (SSSR count). The second-order valence-corrected chi connectivity index (χ2v) is 6.10. The van der Waals surface area contributed by atoms with Gasteiger partial charge in [-0.15, -0.1) is 0 Å². The molecule has 2 aromatic heterocycles. The summed E-state index contributed by atoms with van der Waals surface area (Å²) < 4.78 is 7.54. The Labute approximate surface area is 139 Å². The van der Waals surface area contributed by atoms with E-state index in [-0.39, 0.29) is 18.0 Å². The first-order valence-electron chi connectivity index (χ1n) is 7.50. The summed E-state index contributed by atoms with van der Waals surface area (Å²) in [4.78, 5) is 12.2. The van der Waals surface area contributed by atoms with Crippen LogP contribution in [0.1, 0.15) is 38.1 Å². The summed E-state index contributed by atoms with van der Waals surface area (Å²) in [5, 5.41) is 8.70. The first-order valence-corrected chi connectivity index (χ1v) is 7.88. The molecule has 0 aliphatic rings. The number of carbonyl (C=O) groups is 1. The van der Waals surface area contributed by atoms with E-state index in [9.17, 15) is 4.79 Å². The minimum absolute atomic E-state index is 0.00619. The van der Waals surface area contributed by atoms with Crippen LogP contribution < -0.4 is 5.32 Å². The van der Waals surface area contributed by atoms with Crippen LogP contribution >= 0.6 is 11.6 Å². The van der Waals surface area contributed by atoms with Gasteiger partial charge in [0.1, 0.15) is 11.3 Å². The zero-order chi connectivity index (χ0) is 16.4. The number of fused-ring (bicyclic) bond motifs is 1. The molecule has 0 bridgehead atoms. The number of benzene rings is 1. The molecule has 1 amide bonds. The molecule has 0 unspecified atom stereocenters. The lowest BCUT2D eigenvalue weighted by Gasteiger charge is -2.15. The Hall–Kier alpha value is -2.27. The highest BCUT2D eigenvalue weighted by Crippen LogP contribution is 2.26. The highest BCUT2D eigenvalue weighted by atomic mass is 35.5. The molecule has 2 atom stereocenters. The Bertz CT molecular complexity index is 810. The SMILES string of the molecule is C[C@H](NC(=O)C[C@@H](C)n1cccn1)c1cc2cc(Cl)ccc2o1. The Kier molecular flexibility index (Phi) is 4.39. The molecular weight excluding hydrogens is 314 g/mol. The molecule has 0 aliphatic heterocycles. The number of halogens is 1. The number of rotatable bonds is 5. The molecule has 6 heteroatoms. The molecule has 120 valence electrons. The van der Waals surface area contributed by atoms with Crippen LogP contribution in [0, 0.1) is 0 Å². The van der Waals surface area contributed by atoms with Gasteiger partial charge in [0.25, 0.3) is 0 Å². The molecule has 0 saturated heterocycles. The van der Waals surface area contributed by atoms with Gasteiger partial charge in [-0.3, -0.25) is 9.48 Å². The molecule has 0 radical (unpaired) electrons. The normalized spacial score (nSPS) is 13.9. The second-order valence-electron chi connectivity index (χ2n) is 5.66. The van der Waals surface area contributed by atoms with E-state index in [4.69, 9.17) is 16.0 Å². The Morgan fingerprint density at radius 1 is 1.39 bits per heavy atom. The van der Waals surface area contributed by atoms with Crippen molar-refractivity contribution in [1.82, 2.24) is 15.1 Å². The number of hydrogen-bond donors (Lipinski definition) is 1. The largest absolute Gasteiger partial charge is 0.459 e. The van der Waals surface area contributed by atoms with Gasteiger partial charge in [-0.1, -0.05) is 11.6 Å². The van der Waals surface area contributed by atoms with Crippen molar-refractivity contribution in [3.05, 3.63) is 53.5 Å². The second kappa shape index (κ2) is 6.46. The number of amides is 1. The van der Waals surface area contributed by atoms with Crippen molar-refractivity contribution in [1.29, 1.82) is 0 Å². The van der Waals surface area contributed by atoms with Gasteiger partial charge >= 0.3 is 0 Å². The van der Waals surface area contributed by atoms with E-state index in [2.05, 4.69) is 10.4 Å². The van der Waals surface area contributed by atoms with Crippen LogP contribution in [0.25, 0.3) is 11.0 Å². The maximum absolute atomic E-state index is 12.2. The molecule has 1 aromatic carbocycles. The summed E-state index contributed by atoms with van der Waals surface area (Å²) in [5.74, 6) is 0.668. The van der Waals surface area contributed by atoms with E-state index in [1.165, 1.54) is 0 Å². The highest BCUT2D eigenvalue weighted by molar-refractivity contribution is 6.31. The third kappa shape index (κ3) is 3.56. The molecule has 2 heterocycles. The van der Waals surface area contributed by atoms with Crippen LogP contribution in [0.4, 0.5) is 0 Å². The molecule has 0 aliphatic carbocycles. The van der Waals surface area contributed by atoms with E-state index < -0.39 is 0 Å². The van der Waals surface area contributed by atoms with Crippen LogP contribution in [0.3, 0.4) is 0 Å². The summed E-state index contributed by atoms with van der Waals surface area (Å²) in [6.45, 7) is 3.86. The average Bonchev–Trinajstić information content (AvgIpc) is 3.15. The summed E-state index contributed by atoms with van der Waals surface area (Å²) in [6.07, 6.45) is 3.92. The fourth-order valence-corrected chi connectivity index (χ4v) is 2.70. The van der Waals surface area contributed by atoms with Gasteiger partial charge in [0.2, 0.25) is 5.91 Å². The minimum Gasteiger partial charge on any atom is -0.459 e. The van der Waals surface area contributed by atoms with Crippen molar-refractivity contribution in [3.63, 3.8) is 0 Å². The van der Waals surface area contributed by atoms with Crippen molar-refractivity contribution in [3.8, 4) is 0 Å². The molecule has 3 aromatic rings. The molecule has 0 fully saturated rings. The van der Waals surface area contributed by atoms with E-state index in [1.807, 2.05) is 44.3 Å². The van der Waals surface area contributed by atoms with Crippen molar-refractivity contribution in [2.24, 2.45) is 0 Å². The van der Waals surface area contributed by atoms with E-state index in [1.54, 1.807) is 16.9 Å². The average molecular weight is 332 g/mol. The molecule has 0 saturated carbocycles. The van der Waals surface area contributed by atoms with Gasteiger partial charge in [0, 0.05) is 29.2 Å². The van der Waals surface area contributed by atoms with Crippen molar-refractivity contribution in [2.75, 3.05) is 0 Å². The summed E-state index contributed by atoms with van der Waals surface area (Å²) >= 11 is 5.98. The van der Waals surface area contributed by atoms with Gasteiger partial charge in [0.15, 0.2) is 0 Å². The Balaban J connectivity index is 1.65. The molecule has 5 nitrogen and oxygen atoms in total. The maximum Gasteiger partial charge on any atom is 0.222 e. The molecular formula is C17H18ClN3O2. The monoisotopic (exact) mass is 331 g/mol. The number of nitrogens with zero attached hydrogens (tertiary/aromatic N) is 2. The van der Waals surface area contributed by atoms with Crippen LogP contribution in [-0.4, -0.2) is 15.7 Å². The summed E-state index contributed by atoms with van der Waals surface area (Å²) in [5.41, 5.74) is 0.760. The third-order valence-electron chi connectivity index (χ3n) is 3.76. The first-order chi connectivity index (χ1) is 11.0. The lowest BCUT2D eigenvalue weighted by Crippen LogP contribution is -2.28. The fraction of sp³-hybridized carbons (Fsp3) is 0.294. The van der Waals surface area contributed by atoms with E-state index in [0.717, 1.165) is 11.0 Å².